The van der Waals surface area contributed by atoms with E-state index in [1.165, 1.54) is 0 Å². The molecule has 0 radical (unpaired) electrons. The molecular weight excluding hydrogens is 478 g/mol. The molecule has 2 aromatic carbocycles. The number of ether oxygens (including phenoxy) is 2. The van der Waals surface area contributed by atoms with Crippen LogP contribution in [-0.4, -0.2) is 34.9 Å². The van der Waals surface area contributed by atoms with Gasteiger partial charge >= 0.3 is 5.97 Å². The van der Waals surface area contributed by atoms with Crippen molar-refractivity contribution in [1.29, 1.82) is 0 Å². The number of anilines is 1. The maximum absolute atomic E-state index is 13.4. The van der Waals surface area contributed by atoms with E-state index in [0.29, 0.717) is 21.8 Å². The molecule has 8 nitrogen and oxygen atoms in total. The van der Waals surface area contributed by atoms with Crippen molar-refractivity contribution >= 4 is 50.6 Å². The summed E-state index contributed by atoms with van der Waals surface area (Å²) in [6, 6.07) is 13.9. The van der Waals surface area contributed by atoms with Gasteiger partial charge in [0.25, 0.3) is 11.5 Å². The molecule has 0 aliphatic rings. The number of benzene rings is 2. The molecule has 174 valence electrons. The van der Waals surface area contributed by atoms with Crippen molar-refractivity contribution in [2.24, 2.45) is 0 Å². The zero-order valence-electron chi connectivity index (χ0n) is 18.3. The van der Waals surface area contributed by atoms with Crippen LogP contribution in [0.4, 0.5) is 5.00 Å². The Morgan fingerprint density at radius 2 is 1.97 bits per heavy atom. The Bertz CT molecular complexity index is 1450. The number of hydrogen-bond donors (Lipinski definition) is 1. The number of aromatic nitrogens is 2. The van der Waals surface area contributed by atoms with Crippen molar-refractivity contribution in [3.8, 4) is 11.4 Å². The monoisotopic (exact) mass is 497 g/mol. The van der Waals surface area contributed by atoms with Gasteiger partial charge in [-0.15, -0.1) is 11.3 Å². The highest BCUT2D eigenvalue weighted by Gasteiger charge is 2.23. The smallest absolute Gasteiger partial charge is 0.359 e. The summed E-state index contributed by atoms with van der Waals surface area (Å²) in [6.07, 6.45) is 0. The van der Waals surface area contributed by atoms with Crippen molar-refractivity contribution in [1.82, 2.24) is 9.78 Å². The molecule has 0 fully saturated rings. The Kier molecular flexibility index (Phi) is 6.95. The summed E-state index contributed by atoms with van der Waals surface area (Å²) >= 11 is 7.20. The molecule has 10 heteroatoms. The maximum atomic E-state index is 13.4. The second-order valence-corrected chi connectivity index (χ2v) is 8.54. The van der Waals surface area contributed by atoms with E-state index >= 15 is 0 Å². The van der Waals surface area contributed by atoms with E-state index in [9.17, 15) is 14.4 Å². The largest absolute Gasteiger partial charge is 0.483 e. The highest BCUT2D eigenvalue weighted by Crippen LogP contribution is 2.31. The van der Waals surface area contributed by atoms with Crippen LogP contribution in [0.3, 0.4) is 0 Å². The van der Waals surface area contributed by atoms with Gasteiger partial charge in [0, 0.05) is 15.8 Å². The second kappa shape index (κ2) is 10.1. The maximum Gasteiger partial charge on any atom is 0.359 e. The number of hydrogen-bond acceptors (Lipinski definition) is 7. The van der Waals surface area contributed by atoms with Crippen LogP contribution in [0, 0.1) is 6.92 Å². The lowest BCUT2D eigenvalue weighted by atomic mass is 10.2. The first-order valence-corrected chi connectivity index (χ1v) is 11.6. The lowest BCUT2D eigenvalue weighted by Gasteiger charge is -2.11. The van der Waals surface area contributed by atoms with Crippen LogP contribution >= 0.6 is 22.9 Å². The molecule has 0 bridgehead atoms. The molecule has 0 spiro atoms. The number of carbonyl (C=O) groups excluding carboxylic acids is 2. The van der Waals surface area contributed by atoms with Gasteiger partial charge in [0.15, 0.2) is 12.3 Å². The number of carbonyl (C=O) groups is 2. The van der Waals surface area contributed by atoms with Gasteiger partial charge < -0.3 is 14.8 Å². The van der Waals surface area contributed by atoms with Gasteiger partial charge in [-0.1, -0.05) is 35.9 Å². The van der Waals surface area contributed by atoms with Crippen LogP contribution < -0.4 is 15.6 Å². The topological polar surface area (TPSA) is 99.5 Å². The molecule has 2 aromatic heterocycles. The quantitative estimate of drug-likeness (QED) is 0.374. The number of nitrogens with one attached hydrogen (secondary N) is 1. The number of amides is 1. The van der Waals surface area contributed by atoms with Crippen molar-refractivity contribution in [2.75, 3.05) is 18.5 Å². The van der Waals surface area contributed by atoms with Gasteiger partial charge in [-0.2, -0.15) is 9.78 Å². The summed E-state index contributed by atoms with van der Waals surface area (Å²) < 4.78 is 11.8. The van der Waals surface area contributed by atoms with E-state index in [-0.39, 0.29) is 29.3 Å². The molecule has 0 unspecified atom stereocenters. The Balaban J connectivity index is 1.73. The predicted octanol–water partition coefficient (Wildman–Crippen LogP) is 4.60. The van der Waals surface area contributed by atoms with E-state index in [0.717, 1.165) is 21.6 Å². The van der Waals surface area contributed by atoms with Crippen molar-refractivity contribution in [2.45, 2.75) is 13.8 Å². The lowest BCUT2D eigenvalue weighted by molar-refractivity contribution is -0.118. The van der Waals surface area contributed by atoms with E-state index in [1.54, 1.807) is 42.6 Å². The summed E-state index contributed by atoms with van der Waals surface area (Å²) in [5.41, 5.74) is 0.716. The standard InChI is InChI=1S/C24H20ClN3O5S/c1-3-32-24(31)21-17-13-34-22(26-19(29)12-33-18-10-5-4-7-14(18)2)20(17)23(30)28(27-21)16-9-6-8-15(25)11-16/h4-11,13H,3,12H2,1-2H3,(H,26,29). The number of esters is 1. The first-order valence-electron chi connectivity index (χ1n) is 10.3. The molecule has 0 aliphatic heterocycles. The minimum atomic E-state index is -0.679. The summed E-state index contributed by atoms with van der Waals surface area (Å²) in [5, 5.41) is 9.68. The van der Waals surface area contributed by atoms with Crippen LogP contribution in [0.5, 0.6) is 5.75 Å². The molecule has 4 aromatic rings. The fraction of sp³-hybridized carbons (Fsp3) is 0.167. The van der Waals surface area contributed by atoms with Crippen molar-refractivity contribution in [3.63, 3.8) is 0 Å². The molecule has 0 atom stereocenters. The van der Waals surface area contributed by atoms with Crippen LogP contribution in [0.25, 0.3) is 16.5 Å². The van der Waals surface area contributed by atoms with Crippen molar-refractivity contribution < 1.29 is 19.1 Å². The van der Waals surface area contributed by atoms with E-state index < -0.39 is 17.4 Å². The number of aryl methyl sites for hydroxylation is 1. The van der Waals surface area contributed by atoms with Crippen LogP contribution in [0.15, 0.2) is 58.7 Å². The van der Waals surface area contributed by atoms with Gasteiger partial charge in [0.1, 0.15) is 10.8 Å². The third-order valence-corrected chi connectivity index (χ3v) is 6.01. The number of rotatable bonds is 7. The van der Waals surface area contributed by atoms with E-state index in [4.69, 9.17) is 21.1 Å². The minimum absolute atomic E-state index is 0.0377. The molecule has 0 saturated carbocycles. The molecule has 34 heavy (non-hydrogen) atoms. The molecule has 2 heterocycles. The number of fused-ring (bicyclic) bond motifs is 1. The first kappa shape index (κ1) is 23.5. The van der Waals surface area contributed by atoms with Gasteiger partial charge in [0.2, 0.25) is 0 Å². The highest BCUT2D eigenvalue weighted by atomic mass is 35.5. The zero-order valence-corrected chi connectivity index (χ0v) is 19.9. The normalized spacial score (nSPS) is 10.8. The molecule has 1 amide bonds. The Labute approximate surface area is 203 Å². The Hall–Kier alpha value is -3.69. The average Bonchev–Trinajstić information content (AvgIpc) is 3.23. The molecule has 0 aliphatic carbocycles. The van der Waals surface area contributed by atoms with Crippen LogP contribution in [0.2, 0.25) is 5.02 Å². The number of para-hydroxylation sites is 1. The number of thiophene rings is 1. The number of nitrogens with zero attached hydrogens (tertiary/aromatic N) is 2. The van der Waals surface area contributed by atoms with E-state index in [1.807, 2.05) is 25.1 Å². The van der Waals surface area contributed by atoms with Crippen LogP contribution in [0.1, 0.15) is 23.0 Å². The average molecular weight is 498 g/mol. The molecule has 0 saturated heterocycles. The fourth-order valence-electron chi connectivity index (χ4n) is 3.30. The number of halogens is 1. The molecule has 4 rings (SSSR count). The fourth-order valence-corrected chi connectivity index (χ4v) is 4.44. The van der Waals surface area contributed by atoms with Gasteiger partial charge in [-0.25, -0.2) is 4.79 Å². The van der Waals surface area contributed by atoms with Gasteiger partial charge in [-0.05, 0) is 43.7 Å². The Morgan fingerprint density at radius 3 is 2.71 bits per heavy atom. The highest BCUT2D eigenvalue weighted by molar-refractivity contribution is 7.16. The Morgan fingerprint density at radius 1 is 1.18 bits per heavy atom. The van der Waals surface area contributed by atoms with E-state index in [2.05, 4.69) is 10.4 Å². The SMILES string of the molecule is CCOC(=O)c1nn(-c2cccc(Cl)c2)c(=O)c2c(NC(=O)COc3ccccc3C)scc12. The third kappa shape index (κ3) is 4.80. The lowest BCUT2D eigenvalue weighted by Crippen LogP contribution is -2.26. The summed E-state index contributed by atoms with van der Waals surface area (Å²) in [7, 11) is 0. The molecule has 1 N–H and O–H groups in total. The summed E-state index contributed by atoms with van der Waals surface area (Å²) in [6.45, 7) is 3.45. The minimum Gasteiger partial charge on any atom is -0.483 e. The third-order valence-electron chi connectivity index (χ3n) is 4.88. The van der Waals surface area contributed by atoms with Crippen molar-refractivity contribution in [3.05, 3.63) is 80.5 Å². The van der Waals surface area contributed by atoms with Gasteiger partial charge in [-0.3, -0.25) is 9.59 Å². The van der Waals surface area contributed by atoms with Gasteiger partial charge in [0.05, 0.1) is 17.7 Å². The zero-order chi connectivity index (χ0) is 24.2. The van der Waals surface area contributed by atoms with Crippen LogP contribution in [-0.2, 0) is 9.53 Å². The second-order valence-electron chi connectivity index (χ2n) is 7.22. The summed E-state index contributed by atoms with van der Waals surface area (Å²) in [4.78, 5) is 38.6. The molecular formula is C24H20ClN3O5S. The first-order chi connectivity index (χ1) is 16.4. The predicted molar refractivity (Wildman–Crippen MR) is 131 cm³/mol. The summed E-state index contributed by atoms with van der Waals surface area (Å²) in [5.74, 6) is -0.539.